The van der Waals surface area contributed by atoms with Crippen molar-refractivity contribution in [3.8, 4) is 11.5 Å². The second-order valence-corrected chi connectivity index (χ2v) is 5.99. The van der Waals surface area contributed by atoms with E-state index >= 15 is 0 Å². The average molecular weight is 359 g/mol. The molecule has 26 heavy (non-hydrogen) atoms. The van der Waals surface area contributed by atoms with Crippen molar-refractivity contribution in [2.45, 2.75) is 39.7 Å². The van der Waals surface area contributed by atoms with Crippen LogP contribution in [0.25, 0.3) is 0 Å². The highest BCUT2D eigenvalue weighted by atomic mass is 19.1. The lowest BCUT2D eigenvalue weighted by atomic mass is 10.1. The fourth-order valence-corrected chi connectivity index (χ4v) is 2.64. The zero-order chi connectivity index (χ0) is 18.9. The molecule has 0 spiro atoms. The fraction of sp³-hybridized carbons (Fsp3) is 0.381. The van der Waals surface area contributed by atoms with E-state index in [1.807, 2.05) is 39.0 Å². The van der Waals surface area contributed by atoms with Crippen LogP contribution in [0.1, 0.15) is 44.4 Å². The summed E-state index contributed by atoms with van der Waals surface area (Å²) in [4.78, 5) is 12.2. The Morgan fingerprint density at radius 1 is 1.04 bits per heavy atom. The summed E-state index contributed by atoms with van der Waals surface area (Å²) in [6.45, 7) is 6.88. The monoisotopic (exact) mass is 359 g/mol. The number of amides is 1. The molecule has 0 bridgehead atoms. The van der Waals surface area contributed by atoms with Gasteiger partial charge in [0.05, 0.1) is 19.3 Å². The van der Waals surface area contributed by atoms with Crippen LogP contribution < -0.4 is 14.8 Å². The molecule has 1 atom stereocenters. The molecule has 0 aliphatic heterocycles. The number of ether oxygens (including phenoxy) is 2. The van der Waals surface area contributed by atoms with Crippen molar-refractivity contribution in [2.75, 3.05) is 13.2 Å². The standard InChI is InChI=1S/C21H26FNO3/c1-4-25-19-12-9-17(14-20(19)26-5-2)15(3)23-21(24)13-8-16-6-10-18(22)11-7-16/h6-7,9-12,14-15H,4-5,8,13H2,1-3H3,(H,23,24)/t15-/m1/s1. The molecule has 1 N–H and O–H groups in total. The molecule has 0 aliphatic rings. The molecule has 0 unspecified atom stereocenters. The smallest absolute Gasteiger partial charge is 0.220 e. The Balaban J connectivity index is 1.95. The van der Waals surface area contributed by atoms with Crippen LogP contribution in [0, 0.1) is 5.82 Å². The van der Waals surface area contributed by atoms with Crippen molar-refractivity contribution in [1.82, 2.24) is 5.32 Å². The zero-order valence-corrected chi connectivity index (χ0v) is 15.5. The molecule has 0 saturated carbocycles. The van der Waals surface area contributed by atoms with Crippen LogP contribution in [-0.4, -0.2) is 19.1 Å². The summed E-state index contributed by atoms with van der Waals surface area (Å²) in [5.74, 6) is 1.06. The number of hydrogen-bond acceptors (Lipinski definition) is 3. The third kappa shape index (κ3) is 5.76. The van der Waals surface area contributed by atoms with Gasteiger partial charge >= 0.3 is 0 Å². The molecule has 0 fully saturated rings. The summed E-state index contributed by atoms with van der Waals surface area (Å²) in [5, 5.41) is 2.99. The van der Waals surface area contributed by atoms with Crippen LogP contribution in [0.4, 0.5) is 4.39 Å². The van der Waals surface area contributed by atoms with E-state index in [0.29, 0.717) is 37.6 Å². The summed E-state index contributed by atoms with van der Waals surface area (Å²) in [6.07, 6.45) is 0.928. The van der Waals surface area contributed by atoms with Crippen molar-refractivity contribution >= 4 is 5.91 Å². The number of aryl methyl sites for hydroxylation is 1. The average Bonchev–Trinajstić information content (AvgIpc) is 2.63. The molecule has 2 aromatic carbocycles. The number of carbonyl (C=O) groups excluding carboxylic acids is 1. The van der Waals surface area contributed by atoms with Gasteiger partial charge in [0.15, 0.2) is 11.5 Å². The first kappa shape index (κ1) is 19.8. The van der Waals surface area contributed by atoms with Crippen molar-refractivity contribution < 1.29 is 18.7 Å². The number of hydrogen-bond donors (Lipinski definition) is 1. The summed E-state index contributed by atoms with van der Waals surface area (Å²) >= 11 is 0. The van der Waals surface area contributed by atoms with Gasteiger partial charge < -0.3 is 14.8 Å². The first-order chi connectivity index (χ1) is 12.5. The van der Waals surface area contributed by atoms with Crippen LogP contribution in [0.5, 0.6) is 11.5 Å². The summed E-state index contributed by atoms with van der Waals surface area (Å²) in [6, 6.07) is 11.8. The summed E-state index contributed by atoms with van der Waals surface area (Å²) in [5.41, 5.74) is 1.89. The van der Waals surface area contributed by atoms with E-state index in [1.165, 1.54) is 12.1 Å². The molecule has 0 aliphatic carbocycles. The van der Waals surface area contributed by atoms with E-state index in [9.17, 15) is 9.18 Å². The van der Waals surface area contributed by atoms with Crippen LogP contribution in [0.15, 0.2) is 42.5 Å². The van der Waals surface area contributed by atoms with E-state index in [4.69, 9.17) is 9.47 Å². The highest BCUT2D eigenvalue weighted by molar-refractivity contribution is 5.76. The first-order valence-corrected chi connectivity index (χ1v) is 8.96. The van der Waals surface area contributed by atoms with E-state index in [-0.39, 0.29) is 17.8 Å². The van der Waals surface area contributed by atoms with Crippen molar-refractivity contribution in [3.63, 3.8) is 0 Å². The normalized spacial score (nSPS) is 11.7. The predicted molar refractivity (Wildman–Crippen MR) is 100 cm³/mol. The highest BCUT2D eigenvalue weighted by Crippen LogP contribution is 2.30. The van der Waals surface area contributed by atoms with Crippen LogP contribution in [0.2, 0.25) is 0 Å². The molecular formula is C21H26FNO3. The van der Waals surface area contributed by atoms with Gasteiger partial charge in [0.2, 0.25) is 5.91 Å². The Hall–Kier alpha value is -2.56. The maximum absolute atomic E-state index is 12.9. The SMILES string of the molecule is CCOc1ccc([C@@H](C)NC(=O)CCc2ccc(F)cc2)cc1OCC. The fourth-order valence-electron chi connectivity index (χ4n) is 2.64. The van der Waals surface area contributed by atoms with Gasteiger partial charge in [-0.05, 0) is 62.6 Å². The number of halogens is 1. The van der Waals surface area contributed by atoms with Gasteiger partial charge in [0.25, 0.3) is 0 Å². The molecule has 4 nitrogen and oxygen atoms in total. The lowest BCUT2D eigenvalue weighted by molar-refractivity contribution is -0.121. The first-order valence-electron chi connectivity index (χ1n) is 8.96. The van der Waals surface area contributed by atoms with E-state index in [1.54, 1.807) is 12.1 Å². The highest BCUT2D eigenvalue weighted by Gasteiger charge is 2.13. The van der Waals surface area contributed by atoms with Crippen molar-refractivity contribution in [1.29, 1.82) is 0 Å². The molecule has 0 aromatic heterocycles. The number of rotatable bonds is 9. The van der Waals surface area contributed by atoms with E-state index < -0.39 is 0 Å². The van der Waals surface area contributed by atoms with Gasteiger partial charge in [0, 0.05) is 6.42 Å². The second-order valence-electron chi connectivity index (χ2n) is 5.99. The summed E-state index contributed by atoms with van der Waals surface area (Å²) in [7, 11) is 0. The Kier molecular flexibility index (Phi) is 7.45. The Labute approximate surface area is 154 Å². The van der Waals surface area contributed by atoms with Crippen LogP contribution in [-0.2, 0) is 11.2 Å². The molecular weight excluding hydrogens is 333 g/mol. The minimum Gasteiger partial charge on any atom is -0.490 e. The quantitative estimate of drug-likeness (QED) is 0.720. The van der Waals surface area contributed by atoms with E-state index in [0.717, 1.165) is 11.1 Å². The third-order valence-electron chi connectivity index (χ3n) is 4.00. The Bertz CT molecular complexity index is 716. The molecule has 5 heteroatoms. The van der Waals surface area contributed by atoms with Gasteiger partial charge in [-0.25, -0.2) is 4.39 Å². The molecule has 2 rings (SSSR count). The maximum atomic E-state index is 12.9. The van der Waals surface area contributed by atoms with Gasteiger partial charge in [-0.15, -0.1) is 0 Å². The van der Waals surface area contributed by atoms with Crippen LogP contribution in [0.3, 0.4) is 0 Å². The molecule has 0 heterocycles. The topological polar surface area (TPSA) is 47.6 Å². The minimum atomic E-state index is -0.271. The second kappa shape index (κ2) is 9.80. The molecule has 0 saturated heterocycles. The minimum absolute atomic E-state index is 0.0475. The molecule has 0 radical (unpaired) electrons. The van der Waals surface area contributed by atoms with Gasteiger partial charge in [0.1, 0.15) is 5.82 Å². The largest absolute Gasteiger partial charge is 0.490 e. The molecule has 140 valence electrons. The molecule has 1 amide bonds. The lowest BCUT2D eigenvalue weighted by Crippen LogP contribution is -2.26. The van der Waals surface area contributed by atoms with Crippen LogP contribution >= 0.6 is 0 Å². The van der Waals surface area contributed by atoms with Crippen molar-refractivity contribution in [3.05, 3.63) is 59.4 Å². The van der Waals surface area contributed by atoms with E-state index in [2.05, 4.69) is 5.32 Å². The van der Waals surface area contributed by atoms with Gasteiger partial charge in [-0.1, -0.05) is 18.2 Å². The van der Waals surface area contributed by atoms with Gasteiger partial charge in [-0.3, -0.25) is 4.79 Å². The lowest BCUT2D eigenvalue weighted by Gasteiger charge is -2.17. The third-order valence-corrected chi connectivity index (χ3v) is 4.00. The van der Waals surface area contributed by atoms with Gasteiger partial charge in [-0.2, -0.15) is 0 Å². The Morgan fingerprint density at radius 3 is 2.35 bits per heavy atom. The Morgan fingerprint density at radius 2 is 1.69 bits per heavy atom. The number of benzene rings is 2. The molecule has 2 aromatic rings. The summed E-state index contributed by atoms with van der Waals surface area (Å²) < 4.78 is 24.1. The zero-order valence-electron chi connectivity index (χ0n) is 15.5. The predicted octanol–water partition coefficient (Wildman–Crippen LogP) is 4.43. The number of nitrogens with one attached hydrogen (secondary N) is 1. The maximum Gasteiger partial charge on any atom is 0.220 e. The number of carbonyl (C=O) groups is 1. The van der Waals surface area contributed by atoms with Crippen molar-refractivity contribution in [2.24, 2.45) is 0 Å².